The summed E-state index contributed by atoms with van der Waals surface area (Å²) in [7, 11) is 0. The number of nitrogens with zero attached hydrogens (tertiary/aromatic N) is 1. The maximum atomic E-state index is 9.50. The van der Waals surface area contributed by atoms with Crippen molar-refractivity contribution in [1.82, 2.24) is 9.97 Å². The first-order chi connectivity index (χ1) is 5.83. The lowest BCUT2D eigenvalue weighted by atomic mass is 10.2. The van der Waals surface area contributed by atoms with Crippen molar-refractivity contribution in [3.8, 4) is 5.75 Å². The van der Waals surface area contributed by atoms with Crippen LogP contribution < -0.4 is 0 Å². The summed E-state index contributed by atoms with van der Waals surface area (Å²) in [5.74, 6) is 0.0521. The number of rotatable bonds is 1. The van der Waals surface area contributed by atoms with Crippen LogP contribution in [0.2, 0.25) is 0 Å². The number of aromatic hydroxyl groups is 1. The summed E-state index contributed by atoms with van der Waals surface area (Å²) in [4.78, 5) is 6.77. The van der Waals surface area contributed by atoms with E-state index < -0.39 is 0 Å². The summed E-state index contributed by atoms with van der Waals surface area (Å²) in [6, 6.07) is 3.43. The lowest BCUT2D eigenvalue weighted by molar-refractivity contribution is 0.276. The highest BCUT2D eigenvalue weighted by atomic mass is 16.3. The molecule has 4 heteroatoms. The number of aliphatic hydroxyl groups is 1. The highest BCUT2D eigenvalue weighted by Gasteiger charge is 2.06. The number of H-pyrrole nitrogens is 1. The van der Waals surface area contributed by atoms with Gasteiger partial charge in [-0.15, -0.1) is 0 Å². The Bertz CT molecular complexity index is 408. The van der Waals surface area contributed by atoms with Crippen LogP contribution in [0.5, 0.6) is 5.75 Å². The highest BCUT2D eigenvalue weighted by molar-refractivity contribution is 5.82. The molecule has 1 aromatic heterocycles. The van der Waals surface area contributed by atoms with E-state index in [1.54, 1.807) is 12.1 Å². The molecule has 0 aliphatic carbocycles. The van der Waals surface area contributed by atoms with Gasteiger partial charge in [-0.3, -0.25) is 0 Å². The number of hydrogen-bond acceptors (Lipinski definition) is 3. The molecule has 4 nitrogen and oxygen atoms in total. The number of aromatic amines is 1. The normalized spacial score (nSPS) is 10.8. The fourth-order valence-electron chi connectivity index (χ4n) is 1.16. The SMILES string of the molecule is OCc1ccc2[nH]cnc2c1O. The Balaban J connectivity index is 2.78. The third-order valence-corrected chi connectivity index (χ3v) is 1.82. The van der Waals surface area contributed by atoms with E-state index in [2.05, 4.69) is 9.97 Å². The van der Waals surface area contributed by atoms with Crippen LogP contribution in [0.3, 0.4) is 0 Å². The molecule has 0 spiro atoms. The van der Waals surface area contributed by atoms with E-state index in [4.69, 9.17) is 5.11 Å². The number of benzene rings is 1. The molecule has 0 bridgehead atoms. The van der Waals surface area contributed by atoms with Gasteiger partial charge in [-0.1, -0.05) is 6.07 Å². The number of hydrogen-bond donors (Lipinski definition) is 3. The van der Waals surface area contributed by atoms with Gasteiger partial charge in [-0.25, -0.2) is 4.98 Å². The minimum Gasteiger partial charge on any atom is -0.505 e. The fraction of sp³-hybridized carbons (Fsp3) is 0.125. The van der Waals surface area contributed by atoms with E-state index in [0.717, 1.165) is 5.52 Å². The summed E-state index contributed by atoms with van der Waals surface area (Å²) in [6.07, 6.45) is 1.51. The van der Waals surface area contributed by atoms with Crippen molar-refractivity contribution in [1.29, 1.82) is 0 Å². The van der Waals surface area contributed by atoms with Crippen LogP contribution in [0.1, 0.15) is 5.56 Å². The van der Waals surface area contributed by atoms with E-state index in [0.29, 0.717) is 11.1 Å². The van der Waals surface area contributed by atoms with Crippen molar-refractivity contribution in [2.24, 2.45) is 0 Å². The van der Waals surface area contributed by atoms with E-state index in [1.165, 1.54) is 6.33 Å². The van der Waals surface area contributed by atoms with Crippen molar-refractivity contribution < 1.29 is 10.2 Å². The Morgan fingerprint density at radius 1 is 1.42 bits per heavy atom. The van der Waals surface area contributed by atoms with Crippen LogP contribution in [-0.4, -0.2) is 20.2 Å². The molecule has 0 fully saturated rings. The smallest absolute Gasteiger partial charge is 0.148 e. The summed E-state index contributed by atoms with van der Waals surface area (Å²) in [5, 5.41) is 18.3. The van der Waals surface area contributed by atoms with E-state index in [-0.39, 0.29) is 12.4 Å². The zero-order valence-corrected chi connectivity index (χ0v) is 6.28. The van der Waals surface area contributed by atoms with E-state index in [9.17, 15) is 5.11 Å². The molecule has 0 saturated carbocycles. The van der Waals surface area contributed by atoms with Gasteiger partial charge in [0.1, 0.15) is 11.3 Å². The lowest BCUT2D eigenvalue weighted by Crippen LogP contribution is -1.84. The van der Waals surface area contributed by atoms with Gasteiger partial charge in [0.2, 0.25) is 0 Å². The first kappa shape index (κ1) is 7.12. The maximum Gasteiger partial charge on any atom is 0.148 e. The molecule has 0 amide bonds. The molecule has 1 heterocycles. The third kappa shape index (κ3) is 0.853. The third-order valence-electron chi connectivity index (χ3n) is 1.82. The van der Waals surface area contributed by atoms with Gasteiger partial charge in [0.15, 0.2) is 0 Å². The van der Waals surface area contributed by atoms with Gasteiger partial charge in [0, 0.05) is 5.56 Å². The minimum atomic E-state index is -0.172. The number of phenols is 1. The monoisotopic (exact) mass is 164 g/mol. The molecule has 0 atom stereocenters. The van der Waals surface area contributed by atoms with Crippen LogP contribution in [0, 0.1) is 0 Å². The second-order valence-corrected chi connectivity index (χ2v) is 2.53. The zero-order chi connectivity index (χ0) is 8.55. The molecule has 0 radical (unpaired) electrons. The predicted octanol–water partition coefficient (Wildman–Crippen LogP) is 0.761. The number of aromatic nitrogens is 2. The van der Waals surface area contributed by atoms with Gasteiger partial charge in [0.25, 0.3) is 0 Å². The second kappa shape index (κ2) is 2.49. The Morgan fingerprint density at radius 3 is 3.00 bits per heavy atom. The minimum absolute atomic E-state index is 0.0521. The predicted molar refractivity (Wildman–Crippen MR) is 43.7 cm³/mol. The van der Waals surface area contributed by atoms with Gasteiger partial charge in [0.05, 0.1) is 18.5 Å². The summed E-state index contributed by atoms with van der Waals surface area (Å²) in [6.45, 7) is -0.172. The lowest BCUT2D eigenvalue weighted by Gasteiger charge is -1.99. The first-order valence-corrected chi connectivity index (χ1v) is 3.57. The Labute approximate surface area is 68.5 Å². The van der Waals surface area contributed by atoms with E-state index >= 15 is 0 Å². The van der Waals surface area contributed by atoms with Crippen molar-refractivity contribution in [2.45, 2.75) is 6.61 Å². The molecular weight excluding hydrogens is 156 g/mol. The summed E-state index contributed by atoms with van der Waals surface area (Å²) >= 11 is 0. The number of aliphatic hydroxyl groups excluding tert-OH is 1. The summed E-state index contributed by atoms with van der Waals surface area (Å²) < 4.78 is 0. The average Bonchev–Trinajstić information content (AvgIpc) is 2.53. The van der Waals surface area contributed by atoms with Crippen LogP contribution in [0.4, 0.5) is 0 Å². The maximum absolute atomic E-state index is 9.50. The van der Waals surface area contributed by atoms with Gasteiger partial charge in [-0.05, 0) is 6.07 Å². The molecule has 1 aromatic carbocycles. The molecule has 62 valence electrons. The van der Waals surface area contributed by atoms with Crippen molar-refractivity contribution in [2.75, 3.05) is 0 Å². The Morgan fingerprint density at radius 2 is 2.25 bits per heavy atom. The Kier molecular flexibility index (Phi) is 1.48. The number of fused-ring (bicyclic) bond motifs is 1. The van der Waals surface area contributed by atoms with Gasteiger partial charge >= 0.3 is 0 Å². The molecule has 2 rings (SSSR count). The zero-order valence-electron chi connectivity index (χ0n) is 6.28. The molecular formula is C8H8N2O2. The van der Waals surface area contributed by atoms with Crippen LogP contribution >= 0.6 is 0 Å². The van der Waals surface area contributed by atoms with Crippen molar-refractivity contribution in [3.05, 3.63) is 24.0 Å². The molecule has 0 unspecified atom stereocenters. The largest absolute Gasteiger partial charge is 0.505 e. The molecule has 12 heavy (non-hydrogen) atoms. The second-order valence-electron chi connectivity index (χ2n) is 2.53. The van der Waals surface area contributed by atoms with Gasteiger partial charge in [-0.2, -0.15) is 0 Å². The van der Waals surface area contributed by atoms with Crippen LogP contribution in [0.15, 0.2) is 18.5 Å². The molecule has 2 aromatic rings. The Hall–Kier alpha value is -1.55. The number of nitrogens with one attached hydrogen (secondary N) is 1. The fourth-order valence-corrected chi connectivity index (χ4v) is 1.16. The van der Waals surface area contributed by atoms with E-state index in [1.807, 2.05) is 0 Å². The molecule has 0 aliphatic rings. The standard InChI is InChI=1S/C8H8N2O2/c11-3-5-1-2-6-7(8(5)12)10-4-9-6/h1-2,4,11-12H,3H2,(H,9,10). The highest BCUT2D eigenvalue weighted by Crippen LogP contribution is 2.25. The van der Waals surface area contributed by atoms with Crippen LogP contribution in [0.25, 0.3) is 11.0 Å². The van der Waals surface area contributed by atoms with Gasteiger partial charge < -0.3 is 15.2 Å². The number of imidazole rings is 1. The molecule has 0 aliphatic heterocycles. The molecule has 3 N–H and O–H groups in total. The quantitative estimate of drug-likeness (QED) is 0.582. The van der Waals surface area contributed by atoms with Crippen molar-refractivity contribution in [3.63, 3.8) is 0 Å². The molecule has 0 saturated heterocycles. The first-order valence-electron chi connectivity index (χ1n) is 3.57. The average molecular weight is 164 g/mol. The van der Waals surface area contributed by atoms with Crippen molar-refractivity contribution >= 4 is 11.0 Å². The van der Waals surface area contributed by atoms with Crippen LogP contribution in [-0.2, 0) is 6.61 Å². The summed E-state index contributed by atoms with van der Waals surface area (Å²) in [5.41, 5.74) is 1.76. The topological polar surface area (TPSA) is 69.1 Å².